The summed E-state index contributed by atoms with van der Waals surface area (Å²) in [7, 11) is -2.89. The molecule has 2 rings (SSSR count). The molecule has 14 heavy (non-hydrogen) atoms. The van der Waals surface area contributed by atoms with Crippen LogP contribution in [0.1, 0.15) is 13.3 Å². The van der Waals surface area contributed by atoms with Crippen molar-refractivity contribution in [2.45, 2.75) is 18.9 Å². The van der Waals surface area contributed by atoms with Gasteiger partial charge in [0.05, 0.1) is 17.0 Å². The van der Waals surface area contributed by atoms with E-state index in [-0.39, 0.29) is 11.5 Å². The van der Waals surface area contributed by atoms with Crippen molar-refractivity contribution in [1.82, 2.24) is 9.78 Å². The highest BCUT2D eigenvalue weighted by Crippen LogP contribution is 2.30. The van der Waals surface area contributed by atoms with Gasteiger partial charge in [-0.25, -0.2) is 8.42 Å². The van der Waals surface area contributed by atoms with Crippen LogP contribution >= 0.6 is 0 Å². The topological polar surface area (TPSA) is 78.0 Å². The largest absolute Gasteiger partial charge is 0.382 e. The number of anilines is 1. The number of rotatable bonds is 1. The van der Waals surface area contributed by atoms with E-state index >= 15 is 0 Å². The summed E-state index contributed by atoms with van der Waals surface area (Å²) in [6, 6.07) is 1.68. The first-order chi connectivity index (χ1) is 6.41. The van der Waals surface area contributed by atoms with E-state index in [1.807, 2.05) is 6.92 Å². The summed E-state index contributed by atoms with van der Waals surface area (Å²) in [6.45, 7) is 1.89. The minimum absolute atomic E-state index is 0.154. The standard InChI is InChI=1S/C8H13N3O2S/c1-8(3-5-14(12,13)6-8)11-4-2-7(9)10-11/h2,4H,3,5-6H2,1H3,(H2,9,10). The van der Waals surface area contributed by atoms with Crippen LogP contribution in [0.15, 0.2) is 12.3 Å². The van der Waals surface area contributed by atoms with Gasteiger partial charge in [0.2, 0.25) is 0 Å². The van der Waals surface area contributed by atoms with Crippen molar-refractivity contribution in [2.75, 3.05) is 17.2 Å². The maximum atomic E-state index is 11.4. The fourth-order valence-electron chi connectivity index (χ4n) is 1.81. The van der Waals surface area contributed by atoms with Crippen LogP contribution in [-0.2, 0) is 15.4 Å². The molecule has 0 radical (unpaired) electrons. The molecule has 0 amide bonds. The lowest BCUT2D eigenvalue weighted by molar-refractivity contribution is 0.329. The second kappa shape index (κ2) is 2.73. The molecule has 1 fully saturated rings. The minimum atomic E-state index is -2.89. The normalized spacial score (nSPS) is 30.6. The summed E-state index contributed by atoms with van der Waals surface area (Å²) in [5, 5.41) is 4.06. The summed E-state index contributed by atoms with van der Waals surface area (Å²) in [6.07, 6.45) is 2.34. The van der Waals surface area contributed by atoms with Gasteiger partial charge in [0.15, 0.2) is 9.84 Å². The molecule has 1 unspecified atom stereocenters. The SMILES string of the molecule is CC1(n2ccc(N)n2)CCS(=O)(=O)C1. The van der Waals surface area contributed by atoms with E-state index in [1.165, 1.54) is 0 Å². The Hall–Kier alpha value is -1.04. The molecular formula is C8H13N3O2S. The van der Waals surface area contributed by atoms with Crippen LogP contribution in [0.25, 0.3) is 0 Å². The van der Waals surface area contributed by atoms with Gasteiger partial charge in [-0.15, -0.1) is 0 Å². The fraction of sp³-hybridized carbons (Fsp3) is 0.625. The molecule has 78 valence electrons. The maximum Gasteiger partial charge on any atom is 0.152 e. The van der Waals surface area contributed by atoms with E-state index in [4.69, 9.17) is 5.73 Å². The number of nitrogens with two attached hydrogens (primary N) is 1. The average Bonchev–Trinajstić information content (AvgIpc) is 2.57. The molecule has 6 heteroatoms. The van der Waals surface area contributed by atoms with Crippen LogP contribution in [0, 0.1) is 0 Å². The molecule has 1 aromatic rings. The molecular weight excluding hydrogens is 202 g/mol. The van der Waals surface area contributed by atoms with E-state index in [0.29, 0.717) is 12.2 Å². The van der Waals surface area contributed by atoms with Gasteiger partial charge in [-0.1, -0.05) is 0 Å². The first kappa shape index (κ1) is 9.51. The average molecular weight is 215 g/mol. The molecule has 2 heterocycles. The highest BCUT2D eigenvalue weighted by atomic mass is 32.2. The van der Waals surface area contributed by atoms with Crippen molar-refractivity contribution in [3.05, 3.63) is 12.3 Å². The second-order valence-corrected chi connectivity index (χ2v) is 6.21. The first-order valence-corrected chi connectivity index (χ1v) is 6.26. The number of hydrogen-bond acceptors (Lipinski definition) is 4. The lowest BCUT2D eigenvalue weighted by atomic mass is 10.0. The monoisotopic (exact) mass is 215 g/mol. The molecule has 5 nitrogen and oxygen atoms in total. The Morgan fingerprint density at radius 1 is 1.64 bits per heavy atom. The van der Waals surface area contributed by atoms with E-state index in [2.05, 4.69) is 5.10 Å². The van der Waals surface area contributed by atoms with Crippen LogP contribution in [0.5, 0.6) is 0 Å². The van der Waals surface area contributed by atoms with E-state index in [9.17, 15) is 8.42 Å². The zero-order valence-electron chi connectivity index (χ0n) is 7.97. The number of sulfone groups is 1. The molecule has 1 aliphatic heterocycles. The van der Waals surface area contributed by atoms with E-state index < -0.39 is 15.4 Å². The molecule has 1 aliphatic rings. The third-order valence-electron chi connectivity index (χ3n) is 2.65. The summed E-state index contributed by atoms with van der Waals surface area (Å²) >= 11 is 0. The third kappa shape index (κ3) is 1.50. The van der Waals surface area contributed by atoms with Crippen LogP contribution < -0.4 is 5.73 Å². The molecule has 0 spiro atoms. The molecule has 0 aliphatic carbocycles. The van der Waals surface area contributed by atoms with Gasteiger partial charge < -0.3 is 5.73 Å². The van der Waals surface area contributed by atoms with Gasteiger partial charge in [-0.05, 0) is 19.4 Å². The third-order valence-corrected chi connectivity index (χ3v) is 4.53. The molecule has 2 N–H and O–H groups in total. The molecule has 1 atom stereocenters. The Morgan fingerprint density at radius 2 is 2.36 bits per heavy atom. The zero-order valence-corrected chi connectivity index (χ0v) is 8.79. The lowest BCUT2D eigenvalue weighted by Gasteiger charge is -2.22. The predicted octanol–water partition coefficient (Wildman–Crippen LogP) is -0.00100. The van der Waals surface area contributed by atoms with Gasteiger partial charge in [-0.2, -0.15) is 5.10 Å². The van der Waals surface area contributed by atoms with Crippen molar-refractivity contribution in [3.63, 3.8) is 0 Å². The Kier molecular flexibility index (Phi) is 1.85. The highest BCUT2D eigenvalue weighted by molar-refractivity contribution is 7.91. The van der Waals surface area contributed by atoms with Crippen LogP contribution in [0.2, 0.25) is 0 Å². The lowest BCUT2D eigenvalue weighted by Crippen LogP contribution is -2.31. The summed E-state index contributed by atoms with van der Waals surface area (Å²) in [5.74, 6) is 0.820. The van der Waals surface area contributed by atoms with Crippen molar-refractivity contribution in [1.29, 1.82) is 0 Å². The van der Waals surface area contributed by atoms with Gasteiger partial charge in [-0.3, -0.25) is 4.68 Å². The summed E-state index contributed by atoms with van der Waals surface area (Å²) < 4.78 is 24.4. The Balaban J connectivity index is 2.36. The summed E-state index contributed by atoms with van der Waals surface area (Å²) in [4.78, 5) is 0. The van der Waals surface area contributed by atoms with Gasteiger partial charge in [0.25, 0.3) is 0 Å². The molecule has 1 saturated heterocycles. The van der Waals surface area contributed by atoms with Crippen LogP contribution in [0.4, 0.5) is 5.82 Å². The van der Waals surface area contributed by atoms with Gasteiger partial charge >= 0.3 is 0 Å². The predicted molar refractivity (Wildman–Crippen MR) is 53.6 cm³/mol. The Labute approximate surface area is 82.8 Å². The highest BCUT2D eigenvalue weighted by Gasteiger charge is 2.40. The molecule has 1 aromatic heterocycles. The van der Waals surface area contributed by atoms with Crippen molar-refractivity contribution < 1.29 is 8.42 Å². The first-order valence-electron chi connectivity index (χ1n) is 4.43. The van der Waals surface area contributed by atoms with Gasteiger partial charge in [0.1, 0.15) is 5.82 Å². The zero-order chi connectivity index (χ0) is 10.4. The van der Waals surface area contributed by atoms with Crippen LogP contribution in [-0.4, -0.2) is 29.7 Å². The van der Waals surface area contributed by atoms with E-state index in [1.54, 1.807) is 16.9 Å². The van der Waals surface area contributed by atoms with Crippen LogP contribution in [0.3, 0.4) is 0 Å². The fourth-order valence-corrected chi connectivity index (χ4v) is 3.93. The Bertz CT molecular complexity index is 451. The number of aromatic nitrogens is 2. The maximum absolute atomic E-state index is 11.4. The van der Waals surface area contributed by atoms with Crippen molar-refractivity contribution >= 4 is 15.7 Å². The summed E-state index contributed by atoms with van der Waals surface area (Å²) in [5.41, 5.74) is 5.07. The molecule has 0 aromatic carbocycles. The number of nitrogens with zero attached hydrogens (tertiary/aromatic N) is 2. The Morgan fingerprint density at radius 3 is 2.79 bits per heavy atom. The number of hydrogen-bond donors (Lipinski definition) is 1. The smallest absolute Gasteiger partial charge is 0.152 e. The van der Waals surface area contributed by atoms with Crippen molar-refractivity contribution in [2.24, 2.45) is 0 Å². The molecule has 0 bridgehead atoms. The number of nitrogen functional groups attached to an aromatic ring is 1. The van der Waals surface area contributed by atoms with Crippen molar-refractivity contribution in [3.8, 4) is 0 Å². The second-order valence-electron chi connectivity index (χ2n) is 4.02. The minimum Gasteiger partial charge on any atom is -0.382 e. The van der Waals surface area contributed by atoms with E-state index in [0.717, 1.165) is 0 Å². The molecule has 0 saturated carbocycles. The quantitative estimate of drug-likeness (QED) is 0.715. The van der Waals surface area contributed by atoms with Gasteiger partial charge in [0, 0.05) is 6.20 Å².